The highest BCUT2D eigenvalue weighted by Gasteiger charge is 2.48. The topological polar surface area (TPSA) is 68.2 Å². The zero-order valence-electron chi connectivity index (χ0n) is 12.0. The molecule has 1 heterocycles. The Balaban J connectivity index is 2.87. The van der Waals surface area contributed by atoms with Crippen molar-refractivity contribution in [3.05, 3.63) is 0 Å². The third kappa shape index (κ3) is 3.53. The van der Waals surface area contributed by atoms with Crippen LogP contribution in [0.4, 0.5) is 0 Å². The van der Waals surface area contributed by atoms with Crippen LogP contribution in [0.2, 0.25) is 0 Å². The lowest BCUT2D eigenvalue weighted by atomic mass is 9.80. The van der Waals surface area contributed by atoms with Gasteiger partial charge in [-0.05, 0) is 40.5 Å². The Labute approximate surface area is 109 Å². The van der Waals surface area contributed by atoms with E-state index in [0.717, 1.165) is 0 Å². The summed E-state index contributed by atoms with van der Waals surface area (Å²) in [5, 5.41) is 1.91. The van der Waals surface area contributed by atoms with Gasteiger partial charge < -0.3 is 9.73 Å². The van der Waals surface area contributed by atoms with Gasteiger partial charge in [0.1, 0.15) is 0 Å². The lowest BCUT2D eigenvalue weighted by molar-refractivity contribution is -0.275. The second-order valence-electron chi connectivity index (χ2n) is 5.89. The molecule has 1 fully saturated rings. The molecule has 18 heavy (non-hydrogen) atoms. The van der Waals surface area contributed by atoms with Crippen molar-refractivity contribution in [1.29, 1.82) is 0 Å². The smallest absolute Gasteiger partial charge is 0.302 e. The summed E-state index contributed by atoms with van der Waals surface area (Å²) >= 11 is 0. The second kappa shape index (κ2) is 5.19. The molecule has 0 spiro atoms. The lowest BCUT2D eigenvalue weighted by Gasteiger charge is -2.52. The summed E-state index contributed by atoms with van der Waals surface area (Å²) in [4.78, 5) is 14.8. The Morgan fingerprint density at radius 1 is 1.17 bits per heavy atom. The average molecular weight is 281 g/mol. The molecule has 0 aromatic heterocycles. The standard InChI is InChI=1S/C11H24NO5P/c1-10(2)7-9(17-18(13,14)16-6)8-11(3,4)12(10)15-5/h9H,7-8H2,1-6H3,(H,13,14). The molecule has 0 aromatic rings. The fourth-order valence-electron chi connectivity index (χ4n) is 2.97. The van der Waals surface area contributed by atoms with Gasteiger partial charge in [-0.25, -0.2) is 4.57 Å². The third-order valence-corrected chi connectivity index (χ3v) is 4.28. The summed E-state index contributed by atoms with van der Waals surface area (Å²) in [5.74, 6) is 0. The Morgan fingerprint density at radius 3 is 1.94 bits per heavy atom. The third-order valence-electron chi connectivity index (χ3n) is 3.25. The number of hydrogen-bond acceptors (Lipinski definition) is 5. The van der Waals surface area contributed by atoms with Crippen molar-refractivity contribution in [1.82, 2.24) is 5.06 Å². The van der Waals surface area contributed by atoms with Crippen LogP contribution >= 0.6 is 7.82 Å². The fourth-order valence-corrected chi connectivity index (χ4v) is 3.58. The van der Waals surface area contributed by atoms with E-state index < -0.39 is 7.82 Å². The zero-order valence-corrected chi connectivity index (χ0v) is 12.9. The SMILES string of the molecule is CON1C(C)(C)CC(OP(=O)(O)OC)CC1(C)C. The molecule has 0 radical (unpaired) electrons. The predicted molar refractivity (Wildman–Crippen MR) is 67.9 cm³/mol. The number of hydroxylamine groups is 2. The minimum Gasteiger partial charge on any atom is -0.302 e. The summed E-state index contributed by atoms with van der Waals surface area (Å²) in [6.07, 6.45) is 0.855. The van der Waals surface area contributed by atoms with Crippen LogP contribution in [0.25, 0.3) is 0 Å². The van der Waals surface area contributed by atoms with Gasteiger partial charge in [0.2, 0.25) is 0 Å². The summed E-state index contributed by atoms with van der Waals surface area (Å²) in [5.41, 5.74) is -0.566. The van der Waals surface area contributed by atoms with Gasteiger partial charge in [-0.2, -0.15) is 5.06 Å². The minimum atomic E-state index is -3.94. The number of phosphoric ester groups is 1. The molecule has 0 bridgehead atoms. The van der Waals surface area contributed by atoms with Crippen LogP contribution in [0.1, 0.15) is 40.5 Å². The lowest BCUT2D eigenvalue weighted by Crippen LogP contribution is -2.61. The Hall–Kier alpha value is 0.0300. The predicted octanol–water partition coefficient (Wildman–Crippen LogP) is 2.33. The van der Waals surface area contributed by atoms with E-state index in [2.05, 4.69) is 4.52 Å². The molecule has 0 aromatic carbocycles. The summed E-state index contributed by atoms with van der Waals surface area (Å²) in [6.45, 7) is 8.07. The summed E-state index contributed by atoms with van der Waals surface area (Å²) in [6, 6.07) is 0. The number of rotatable bonds is 4. The van der Waals surface area contributed by atoms with Gasteiger partial charge in [0.25, 0.3) is 0 Å². The molecular weight excluding hydrogens is 257 g/mol. The van der Waals surface area contributed by atoms with Gasteiger partial charge in [0.15, 0.2) is 0 Å². The van der Waals surface area contributed by atoms with Crippen molar-refractivity contribution in [2.45, 2.75) is 57.7 Å². The molecule has 1 aliphatic heterocycles. The van der Waals surface area contributed by atoms with Crippen molar-refractivity contribution in [3.63, 3.8) is 0 Å². The van der Waals surface area contributed by atoms with E-state index in [4.69, 9.17) is 9.36 Å². The Bertz CT molecular complexity index is 326. The van der Waals surface area contributed by atoms with E-state index in [0.29, 0.717) is 12.8 Å². The molecule has 1 rings (SSSR count). The van der Waals surface area contributed by atoms with Gasteiger partial charge in [0, 0.05) is 18.2 Å². The molecule has 0 amide bonds. The quantitative estimate of drug-likeness (QED) is 0.798. The highest BCUT2D eigenvalue weighted by molar-refractivity contribution is 7.47. The van der Waals surface area contributed by atoms with Gasteiger partial charge in [-0.3, -0.25) is 9.05 Å². The normalized spacial score (nSPS) is 27.9. The molecule has 1 aliphatic rings. The van der Waals surface area contributed by atoms with Gasteiger partial charge in [-0.1, -0.05) is 0 Å². The first kappa shape index (κ1) is 16.1. The maximum Gasteiger partial charge on any atom is 0.472 e. The van der Waals surface area contributed by atoms with Crippen LogP contribution in [0.15, 0.2) is 0 Å². The van der Waals surface area contributed by atoms with E-state index in [1.807, 2.05) is 32.8 Å². The number of piperidine rings is 1. The van der Waals surface area contributed by atoms with Crippen molar-refractivity contribution < 1.29 is 23.3 Å². The van der Waals surface area contributed by atoms with E-state index >= 15 is 0 Å². The largest absolute Gasteiger partial charge is 0.472 e. The first-order chi connectivity index (χ1) is 8.04. The van der Waals surface area contributed by atoms with Crippen molar-refractivity contribution >= 4 is 7.82 Å². The highest BCUT2D eigenvalue weighted by atomic mass is 31.2. The number of hydrogen-bond donors (Lipinski definition) is 1. The average Bonchev–Trinajstić information content (AvgIpc) is 2.13. The van der Waals surface area contributed by atoms with Crippen LogP contribution < -0.4 is 0 Å². The summed E-state index contributed by atoms with van der Waals surface area (Å²) in [7, 11) is -1.14. The van der Waals surface area contributed by atoms with Gasteiger partial charge >= 0.3 is 7.82 Å². The molecule has 1 saturated heterocycles. The molecule has 1 N–H and O–H groups in total. The maximum absolute atomic E-state index is 11.5. The minimum absolute atomic E-state index is 0.283. The molecule has 6 nitrogen and oxygen atoms in total. The molecule has 108 valence electrons. The Kier molecular flexibility index (Phi) is 4.64. The molecule has 0 aliphatic carbocycles. The number of nitrogens with zero attached hydrogens (tertiary/aromatic N) is 1. The molecular formula is C11H24NO5P. The Morgan fingerprint density at radius 2 is 1.61 bits per heavy atom. The van der Waals surface area contributed by atoms with E-state index in [-0.39, 0.29) is 17.2 Å². The first-order valence-electron chi connectivity index (χ1n) is 5.95. The number of phosphoric acid groups is 1. The van der Waals surface area contributed by atoms with Crippen LogP contribution in [0, 0.1) is 0 Å². The monoisotopic (exact) mass is 281 g/mol. The zero-order chi connectivity index (χ0) is 14.2. The van der Waals surface area contributed by atoms with Crippen LogP contribution in [0.3, 0.4) is 0 Å². The summed E-state index contributed by atoms with van der Waals surface area (Å²) < 4.78 is 21.2. The van der Waals surface area contributed by atoms with Crippen molar-refractivity contribution in [2.24, 2.45) is 0 Å². The first-order valence-corrected chi connectivity index (χ1v) is 7.45. The van der Waals surface area contributed by atoms with E-state index in [9.17, 15) is 9.46 Å². The van der Waals surface area contributed by atoms with Crippen molar-refractivity contribution in [2.75, 3.05) is 14.2 Å². The fraction of sp³-hybridized carbons (Fsp3) is 1.00. The van der Waals surface area contributed by atoms with Crippen molar-refractivity contribution in [3.8, 4) is 0 Å². The van der Waals surface area contributed by atoms with E-state index in [1.54, 1.807) is 7.11 Å². The molecule has 0 saturated carbocycles. The van der Waals surface area contributed by atoms with Crippen LogP contribution in [-0.2, 0) is 18.5 Å². The van der Waals surface area contributed by atoms with Gasteiger partial charge in [0.05, 0.1) is 13.2 Å². The molecule has 1 atom stereocenters. The highest BCUT2D eigenvalue weighted by Crippen LogP contribution is 2.49. The van der Waals surface area contributed by atoms with Crippen LogP contribution in [-0.4, -0.2) is 41.4 Å². The molecule has 1 unspecified atom stereocenters. The maximum atomic E-state index is 11.5. The van der Waals surface area contributed by atoms with Gasteiger partial charge in [-0.15, -0.1) is 0 Å². The second-order valence-corrected chi connectivity index (χ2v) is 7.40. The van der Waals surface area contributed by atoms with Crippen LogP contribution in [0.5, 0.6) is 0 Å². The van der Waals surface area contributed by atoms with E-state index in [1.165, 1.54) is 7.11 Å². The molecule has 7 heteroatoms.